The van der Waals surface area contributed by atoms with Crippen LogP contribution in [0.5, 0.6) is 0 Å². The minimum Gasteiger partial charge on any atom is -0.391 e. The third-order valence-electron chi connectivity index (χ3n) is 16.4. The van der Waals surface area contributed by atoms with Crippen LogP contribution in [0.25, 0.3) is 32.7 Å². The highest BCUT2D eigenvalue weighted by atomic mass is 79.9. The number of fused-ring (bicyclic) bond motifs is 7. The molecule has 3 aromatic heterocycles. The number of nitrogens with one attached hydrogen (secondary N) is 2. The number of piperidine rings is 1. The van der Waals surface area contributed by atoms with E-state index in [2.05, 4.69) is 77.6 Å². The van der Waals surface area contributed by atoms with E-state index in [0.29, 0.717) is 17.8 Å². The number of pyridine rings is 1. The van der Waals surface area contributed by atoms with Gasteiger partial charge in [-0.1, -0.05) is 88.0 Å². The molecular weight excluding hydrogens is 1000 g/mol. The number of hydrogen-bond acceptors (Lipinski definition) is 11. The number of aliphatic hydroxyl groups excluding tert-OH is 1. The number of nitrogens with two attached hydrogens (primary N) is 1. The largest absolute Gasteiger partial charge is 0.391 e. The van der Waals surface area contributed by atoms with Crippen molar-refractivity contribution in [2.24, 2.45) is 11.3 Å². The van der Waals surface area contributed by atoms with Gasteiger partial charge in [-0.25, -0.2) is 10.4 Å². The molecular formula is C57H66BrN10O4S+. The number of nitrogens with zero attached hydrogens (tertiary/aromatic N) is 7. The number of rotatable bonds is 11. The van der Waals surface area contributed by atoms with Gasteiger partial charge in [-0.2, -0.15) is 4.98 Å². The van der Waals surface area contributed by atoms with Gasteiger partial charge in [-0.15, -0.1) is 11.3 Å². The van der Waals surface area contributed by atoms with Gasteiger partial charge in [0.1, 0.15) is 11.9 Å². The molecule has 0 radical (unpaired) electrons. The fourth-order valence-corrected chi connectivity index (χ4v) is 13.6. The minimum absolute atomic E-state index is 0.113. The zero-order chi connectivity index (χ0) is 50.8. The summed E-state index contributed by atoms with van der Waals surface area (Å²) in [6.45, 7) is 13.3. The topological polar surface area (TPSA) is 165 Å². The van der Waals surface area contributed by atoms with E-state index in [1.54, 1.807) is 16.2 Å². The van der Waals surface area contributed by atoms with E-state index in [0.717, 1.165) is 113 Å². The molecule has 0 unspecified atom stereocenters. The molecule has 380 valence electrons. The third kappa shape index (κ3) is 9.48. The van der Waals surface area contributed by atoms with Gasteiger partial charge < -0.3 is 15.3 Å². The summed E-state index contributed by atoms with van der Waals surface area (Å²) < 4.78 is 3.10. The molecule has 2 amide bonds. The zero-order valence-corrected chi connectivity index (χ0v) is 44.8. The van der Waals surface area contributed by atoms with Gasteiger partial charge in [0, 0.05) is 30.2 Å². The number of aryl methyl sites for hydroxylation is 1. The molecule has 16 heteroatoms. The lowest BCUT2D eigenvalue weighted by atomic mass is 9.69. The van der Waals surface area contributed by atoms with Gasteiger partial charge in [0.15, 0.2) is 5.70 Å². The van der Waals surface area contributed by atoms with Gasteiger partial charge in [0.05, 0.1) is 80.2 Å². The van der Waals surface area contributed by atoms with E-state index in [1.807, 2.05) is 99.4 Å². The van der Waals surface area contributed by atoms with E-state index in [9.17, 15) is 19.5 Å². The van der Waals surface area contributed by atoms with Crippen LogP contribution < -0.4 is 21.8 Å². The van der Waals surface area contributed by atoms with E-state index in [1.165, 1.54) is 23.2 Å². The molecule has 5 aliphatic rings. The molecule has 0 bridgehead atoms. The highest BCUT2D eigenvalue weighted by Crippen LogP contribution is 2.52. The van der Waals surface area contributed by atoms with E-state index in [-0.39, 0.29) is 41.8 Å². The summed E-state index contributed by atoms with van der Waals surface area (Å²) in [5, 5.41) is 16.6. The van der Waals surface area contributed by atoms with E-state index >= 15 is 0 Å². The van der Waals surface area contributed by atoms with E-state index in [4.69, 9.17) is 9.97 Å². The molecule has 11 rings (SSSR count). The van der Waals surface area contributed by atoms with Crippen molar-refractivity contribution in [3.8, 4) is 16.1 Å². The fraction of sp³-hybridized carbons (Fsp3) is 0.439. The lowest BCUT2D eigenvalue weighted by Gasteiger charge is -2.36. The molecule has 4 aliphatic heterocycles. The summed E-state index contributed by atoms with van der Waals surface area (Å²) >= 11 is 5.26. The average Bonchev–Trinajstić information content (AvgIpc) is 4.19. The Labute approximate surface area is 439 Å². The zero-order valence-electron chi connectivity index (χ0n) is 42.4. The van der Waals surface area contributed by atoms with Crippen molar-refractivity contribution in [1.29, 1.82) is 0 Å². The first kappa shape index (κ1) is 49.6. The Kier molecular flexibility index (Phi) is 13.5. The van der Waals surface area contributed by atoms with Crippen LogP contribution in [0, 0.1) is 18.3 Å². The Balaban J connectivity index is 0.711. The van der Waals surface area contributed by atoms with Crippen molar-refractivity contribution >= 4 is 55.7 Å². The number of quaternary nitrogens is 1. The number of carbonyl (C=O) groups excluding carboxylic acids is 2. The van der Waals surface area contributed by atoms with Crippen molar-refractivity contribution in [2.75, 3.05) is 26.2 Å². The second-order valence-electron chi connectivity index (χ2n) is 22.2. The van der Waals surface area contributed by atoms with Crippen molar-refractivity contribution in [3.05, 3.63) is 145 Å². The molecule has 14 nitrogen and oxygen atoms in total. The number of hydrogen-bond donors (Lipinski definition) is 4. The molecule has 1 saturated carbocycles. The molecule has 2 saturated heterocycles. The molecule has 73 heavy (non-hydrogen) atoms. The normalized spacial score (nSPS) is 20.8. The Morgan fingerprint density at radius 3 is 2.48 bits per heavy atom. The second-order valence-corrected chi connectivity index (χ2v) is 23.9. The van der Waals surface area contributed by atoms with Gasteiger partial charge in [-0.3, -0.25) is 33.8 Å². The molecule has 1 aliphatic carbocycles. The van der Waals surface area contributed by atoms with Crippen molar-refractivity contribution in [1.82, 2.24) is 45.2 Å². The standard InChI is InChI=1S/C57H65BrN10O4S/c1-34(36-12-14-38(15-13-36)51-35(2)60-33-73-51)61-52(70)49-27-42(69)30-67(49)54(72)44(56(3,4)5)31-66-32-46(63-64-66)40-16-18-41(59-28-40)29-65-24-20-37(21-25-65)39-17-19-43-48(26-39)68-47-11-9-10-45(58)50(47)53(71)62-55(68)57(43)22-7-6-8-23-57/h9-19,26,28,32-34,37,42,44,49,63-64,69H,6-8,20-25,27,29-31H2,1-5H3,(H,61,70)/p+1/t34-,42+,44+,49-/m0/s1. The van der Waals surface area contributed by atoms with Crippen LogP contribution in [0.3, 0.4) is 0 Å². The number of amides is 2. The summed E-state index contributed by atoms with van der Waals surface area (Å²) in [5.74, 6) is 0.467. The van der Waals surface area contributed by atoms with Crippen molar-refractivity contribution in [3.63, 3.8) is 0 Å². The number of aromatic nitrogens is 4. The molecule has 6 aromatic rings. The Hall–Kier alpha value is -5.62. The summed E-state index contributed by atoms with van der Waals surface area (Å²) in [6, 6.07) is 24.5. The summed E-state index contributed by atoms with van der Waals surface area (Å²) in [5.41, 5.74) is 17.1. The first-order valence-corrected chi connectivity index (χ1v) is 27.7. The maximum atomic E-state index is 14.5. The SMILES string of the molecule is Cc1ncsc1-c1ccc([C@H](C)NC(=O)[C@@H]2C[C@@H](O)CN2C(=O)[C@@H](CN2C=C(c3ccc(CN4CCC(c5ccc6c(c5)-n5c(nc(=O)c7c(Br)cccc75)C65CCCCC5)CC4)nc3)[NH2+]N2)C(C)(C)C)cc1. The predicted molar refractivity (Wildman–Crippen MR) is 288 cm³/mol. The summed E-state index contributed by atoms with van der Waals surface area (Å²) in [6.07, 6.45) is 11.0. The lowest BCUT2D eigenvalue weighted by molar-refractivity contribution is -0.640. The average molecular weight is 1070 g/mol. The number of halogens is 1. The second kappa shape index (κ2) is 19.9. The molecule has 7 heterocycles. The predicted octanol–water partition coefficient (Wildman–Crippen LogP) is 8.02. The highest BCUT2D eigenvalue weighted by molar-refractivity contribution is 9.10. The first-order chi connectivity index (χ1) is 35.1. The number of benzene rings is 3. The van der Waals surface area contributed by atoms with Crippen LogP contribution in [-0.2, 0) is 21.5 Å². The number of hydrazine groups is 1. The number of aliphatic hydroxyl groups is 1. The molecule has 3 aromatic carbocycles. The van der Waals surface area contributed by atoms with Gasteiger partial charge in [0.2, 0.25) is 11.8 Å². The van der Waals surface area contributed by atoms with Crippen LogP contribution >= 0.6 is 27.3 Å². The lowest BCUT2D eigenvalue weighted by Crippen LogP contribution is -2.90. The number of thiazole rings is 1. The molecule has 3 fully saturated rings. The van der Waals surface area contributed by atoms with Crippen LogP contribution in [0.2, 0.25) is 0 Å². The molecule has 1 spiro atoms. The first-order valence-electron chi connectivity index (χ1n) is 26.1. The van der Waals surface area contributed by atoms with Crippen LogP contribution in [0.15, 0.2) is 100.0 Å². The summed E-state index contributed by atoms with van der Waals surface area (Å²) in [7, 11) is 0. The van der Waals surface area contributed by atoms with Gasteiger partial charge >= 0.3 is 0 Å². The maximum Gasteiger partial charge on any atom is 0.281 e. The van der Waals surface area contributed by atoms with Crippen molar-refractivity contribution < 1.29 is 20.1 Å². The quantitative estimate of drug-likeness (QED) is 0.0935. The highest BCUT2D eigenvalue weighted by Gasteiger charge is 2.48. The van der Waals surface area contributed by atoms with Crippen LogP contribution in [0.4, 0.5) is 0 Å². The van der Waals surface area contributed by atoms with Crippen LogP contribution in [0.1, 0.15) is 130 Å². The third-order valence-corrected chi connectivity index (χ3v) is 18.1. The number of carbonyl (C=O) groups is 2. The molecule has 5 N–H and O–H groups in total. The molecule has 4 atom stereocenters. The summed E-state index contributed by atoms with van der Waals surface area (Å²) in [4.78, 5) is 61.3. The number of β-amino-alcohol motifs (C(OH)–C–C–N with tert-alkyl or cyclic N) is 1. The van der Waals surface area contributed by atoms with Gasteiger partial charge in [0.25, 0.3) is 5.56 Å². The minimum atomic E-state index is -0.786. The van der Waals surface area contributed by atoms with Crippen molar-refractivity contribution in [2.45, 2.75) is 122 Å². The Bertz CT molecular complexity index is 3150. The van der Waals surface area contributed by atoms with Crippen LogP contribution in [-0.4, -0.2) is 89.6 Å². The monoisotopic (exact) mass is 1070 g/mol. The smallest absolute Gasteiger partial charge is 0.281 e. The Morgan fingerprint density at radius 2 is 1.77 bits per heavy atom. The maximum absolute atomic E-state index is 14.5. The van der Waals surface area contributed by atoms with E-state index < -0.39 is 23.5 Å². The Morgan fingerprint density at radius 1 is 1.00 bits per heavy atom. The number of likely N-dealkylation sites (tertiary alicyclic amines) is 2. The van der Waals surface area contributed by atoms with Gasteiger partial charge in [-0.05, 0) is 132 Å². The fourth-order valence-electron chi connectivity index (χ4n) is 12.3.